The number of anilines is 2. The van der Waals surface area contributed by atoms with Crippen molar-refractivity contribution >= 4 is 34.5 Å². The standard InChI is InChI=1S/C19H25N3O2S/c1-3-22(4-2)16-11-9-15(10-12-16)21-18(23)8-5-13-20-19(24)17-7-6-14-25-17/h6-7,9-12,14H,3-5,8,13H2,1-2H3,(H,20,24)(H,21,23). The van der Waals surface area contributed by atoms with Crippen LogP contribution in [0.3, 0.4) is 0 Å². The van der Waals surface area contributed by atoms with E-state index in [-0.39, 0.29) is 11.8 Å². The highest BCUT2D eigenvalue weighted by atomic mass is 32.1. The maximum absolute atomic E-state index is 12.0. The van der Waals surface area contributed by atoms with Crippen molar-refractivity contribution in [3.63, 3.8) is 0 Å². The third-order valence-corrected chi connectivity index (χ3v) is 4.76. The number of benzene rings is 1. The van der Waals surface area contributed by atoms with Crippen LogP contribution in [0.15, 0.2) is 41.8 Å². The van der Waals surface area contributed by atoms with Crippen molar-refractivity contribution in [2.24, 2.45) is 0 Å². The zero-order chi connectivity index (χ0) is 18.1. The molecule has 0 fully saturated rings. The number of carbonyl (C=O) groups excluding carboxylic acids is 2. The van der Waals surface area contributed by atoms with Crippen molar-refractivity contribution in [2.45, 2.75) is 26.7 Å². The number of nitrogens with zero attached hydrogens (tertiary/aromatic N) is 1. The molecule has 0 aliphatic rings. The average Bonchev–Trinajstić information content (AvgIpc) is 3.16. The number of carbonyl (C=O) groups is 2. The van der Waals surface area contributed by atoms with Crippen molar-refractivity contribution < 1.29 is 9.59 Å². The lowest BCUT2D eigenvalue weighted by atomic mass is 10.2. The molecule has 0 atom stereocenters. The highest BCUT2D eigenvalue weighted by Gasteiger charge is 2.07. The molecule has 0 aliphatic carbocycles. The maximum atomic E-state index is 12.0. The van der Waals surface area contributed by atoms with E-state index in [1.807, 2.05) is 35.7 Å². The van der Waals surface area contributed by atoms with Gasteiger partial charge in [0.15, 0.2) is 0 Å². The van der Waals surface area contributed by atoms with Gasteiger partial charge in [0.25, 0.3) is 5.91 Å². The van der Waals surface area contributed by atoms with E-state index in [1.165, 1.54) is 11.3 Å². The van der Waals surface area contributed by atoms with Gasteiger partial charge in [-0.15, -0.1) is 11.3 Å². The molecule has 1 aromatic carbocycles. The van der Waals surface area contributed by atoms with Crippen LogP contribution in [0.5, 0.6) is 0 Å². The van der Waals surface area contributed by atoms with E-state index in [2.05, 4.69) is 29.4 Å². The van der Waals surface area contributed by atoms with Crippen molar-refractivity contribution in [1.29, 1.82) is 0 Å². The van der Waals surface area contributed by atoms with Crippen LogP contribution in [-0.4, -0.2) is 31.4 Å². The fourth-order valence-electron chi connectivity index (χ4n) is 2.51. The predicted octanol–water partition coefficient (Wildman–Crippen LogP) is 3.74. The monoisotopic (exact) mass is 359 g/mol. The van der Waals surface area contributed by atoms with Crippen molar-refractivity contribution in [2.75, 3.05) is 29.9 Å². The SMILES string of the molecule is CCN(CC)c1ccc(NC(=O)CCCNC(=O)c2cccs2)cc1. The first-order valence-electron chi connectivity index (χ1n) is 8.60. The predicted molar refractivity (Wildman–Crippen MR) is 105 cm³/mol. The molecule has 6 heteroatoms. The van der Waals surface area contributed by atoms with Gasteiger partial charge in [-0.25, -0.2) is 0 Å². The van der Waals surface area contributed by atoms with E-state index < -0.39 is 0 Å². The molecule has 2 aromatic rings. The lowest BCUT2D eigenvalue weighted by molar-refractivity contribution is -0.116. The third kappa shape index (κ3) is 5.90. The quantitative estimate of drug-likeness (QED) is 0.671. The minimum absolute atomic E-state index is 0.0408. The van der Waals surface area contributed by atoms with Gasteiger partial charge in [-0.05, 0) is 56.0 Å². The van der Waals surface area contributed by atoms with Crippen LogP contribution < -0.4 is 15.5 Å². The number of nitrogens with one attached hydrogen (secondary N) is 2. The minimum atomic E-state index is -0.0811. The average molecular weight is 359 g/mol. The molecule has 25 heavy (non-hydrogen) atoms. The lowest BCUT2D eigenvalue weighted by Crippen LogP contribution is -2.24. The Labute approximate surface area is 153 Å². The first-order chi connectivity index (χ1) is 12.1. The summed E-state index contributed by atoms with van der Waals surface area (Å²) in [6.45, 7) is 6.65. The summed E-state index contributed by atoms with van der Waals surface area (Å²) < 4.78 is 0. The van der Waals surface area contributed by atoms with Crippen LogP contribution in [0.2, 0.25) is 0 Å². The molecule has 1 aromatic heterocycles. The van der Waals surface area contributed by atoms with Crippen molar-refractivity contribution in [1.82, 2.24) is 5.32 Å². The summed E-state index contributed by atoms with van der Waals surface area (Å²) in [6.07, 6.45) is 0.989. The van der Waals surface area contributed by atoms with Gasteiger partial charge in [0.1, 0.15) is 0 Å². The summed E-state index contributed by atoms with van der Waals surface area (Å²) in [6, 6.07) is 11.5. The first kappa shape index (κ1) is 19.0. The minimum Gasteiger partial charge on any atom is -0.372 e. The van der Waals surface area contributed by atoms with Gasteiger partial charge in [0.2, 0.25) is 5.91 Å². The molecule has 2 rings (SSSR count). The number of hydrogen-bond donors (Lipinski definition) is 2. The van der Waals surface area contributed by atoms with Gasteiger partial charge in [-0.1, -0.05) is 6.07 Å². The Balaban J connectivity index is 1.70. The topological polar surface area (TPSA) is 61.4 Å². The molecule has 0 unspecified atom stereocenters. The van der Waals surface area contributed by atoms with E-state index in [0.29, 0.717) is 24.3 Å². The highest BCUT2D eigenvalue weighted by molar-refractivity contribution is 7.12. The zero-order valence-electron chi connectivity index (χ0n) is 14.7. The fourth-order valence-corrected chi connectivity index (χ4v) is 3.15. The molecule has 134 valence electrons. The fraction of sp³-hybridized carbons (Fsp3) is 0.368. The largest absolute Gasteiger partial charge is 0.372 e. The Kier molecular flexibility index (Phi) is 7.47. The maximum Gasteiger partial charge on any atom is 0.261 e. The molecule has 0 radical (unpaired) electrons. The Morgan fingerprint density at radius 2 is 1.80 bits per heavy atom. The second-order valence-electron chi connectivity index (χ2n) is 5.60. The van der Waals surface area contributed by atoms with E-state index in [4.69, 9.17) is 0 Å². The molecule has 0 saturated heterocycles. The van der Waals surface area contributed by atoms with Crippen LogP contribution in [0.1, 0.15) is 36.4 Å². The van der Waals surface area contributed by atoms with Crippen LogP contribution in [0.4, 0.5) is 11.4 Å². The Bertz CT molecular complexity index is 664. The second kappa shape index (κ2) is 9.84. The Morgan fingerprint density at radius 1 is 1.08 bits per heavy atom. The van der Waals surface area contributed by atoms with Crippen molar-refractivity contribution in [3.05, 3.63) is 46.7 Å². The van der Waals surface area contributed by atoms with Crippen LogP contribution in [0, 0.1) is 0 Å². The molecule has 0 spiro atoms. The summed E-state index contributed by atoms with van der Waals surface area (Å²) in [5, 5.41) is 7.58. The summed E-state index contributed by atoms with van der Waals surface area (Å²) in [7, 11) is 0. The second-order valence-corrected chi connectivity index (χ2v) is 6.55. The number of thiophene rings is 1. The van der Waals surface area contributed by atoms with Crippen LogP contribution >= 0.6 is 11.3 Å². The van der Waals surface area contributed by atoms with Gasteiger partial charge in [0, 0.05) is 37.4 Å². The summed E-state index contributed by atoms with van der Waals surface area (Å²) in [4.78, 5) is 26.7. The van der Waals surface area contributed by atoms with E-state index in [9.17, 15) is 9.59 Å². The number of amides is 2. The molecule has 0 aliphatic heterocycles. The normalized spacial score (nSPS) is 10.3. The Morgan fingerprint density at radius 3 is 2.40 bits per heavy atom. The summed E-state index contributed by atoms with van der Waals surface area (Å²) >= 11 is 1.41. The summed E-state index contributed by atoms with van der Waals surface area (Å²) in [5.41, 5.74) is 1.95. The molecule has 0 saturated carbocycles. The highest BCUT2D eigenvalue weighted by Crippen LogP contribution is 2.17. The smallest absolute Gasteiger partial charge is 0.261 e. The molecule has 1 heterocycles. The summed E-state index contributed by atoms with van der Waals surface area (Å²) in [5.74, 6) is -0.122. The van der Waals surface area contributed by atoms with Gasteiger partial charge in [-0.3, -0.25) is 9.59 Å². The molecular weight excluding hydrogens is 334 g/mol. The first-order valence-corrected chi connectivity index (χ1v) is 9.48. The van der Waals surface area contributed by atoms with Gasteiger partial charge >= 0.3 is 0 Å². The zero-order valence-corrected chi connectivity index (χ0v) is 15.6. The van der Waals surface area contributed by atoms with Crippen LogP contribution in [0.25, 0.3) is 0 Å². The van der Waals surface area contributed by atoms with Crippen LogP contribution in [-0.2, 0) is 4.79 Å². The molecular formula is C19H25N3O2S. The third-order valence-electron chi connectivity index (χ3n) is 3.89. The molecule has 0 bridgehead atoms. The molecule has 2 amide bonds. The van der Waals surface area contributed by atoms with Crippen molar-refractivity contribution in [3.8, 4) is 0 Å². The Hall–Kier alpha value is -2.34. The van der Waals surface area contributed by atoms with E-state index >= 15 is 0 Å². The van der Waals surface area contributed by atoms with E-state index in [1.54, 1.807) is 6.07 Å². The van der Waals surface area contributed by atoms with Gasteiger partial charge in [-0.2, -0.15) is 0 Å². The van der Waals surface area contributed by atoms with E-state index in [0.717, 1.165) is 24.5 Å². The number of hydrogen-bond acceptors (Lipinski definition) is 4. The van der Waals surface area contributed by atoms with Gasteiger partial charge < -0.3 is 15.5 Å². The molecule has 5 nitrogen and oxygen atoms in total. The lowest BCUT2D eigenvalue weighted by Gasteiger charge is -2.21. The number of rotatable bonds is 9. The van der Waals surface area contributed by atoms with Gasteiger partial charge in [0.05, 0.1) is 4.88 Å². The molecule has 2 N–H and O–H groups in total.